The molecule has 0 bridgehead atoms. The summed E-state index contributed by atoms with van der Waals surface area (Å²) in [5, 5.41) is 3.14. The Balaban J connectivity index is 0.000000640. The van der Waals surface area contributed by atoms with E-state index in [1.54, 1.807) is 0 Å². The van der Waals surface area contributed by atoms with Gasteiger partial charge in [0.1, 0.15) is 0 Å². The predicted molar refractivity (Wildman–Crippen MR) is 41.0 cm³/mol. The first kappa shape index (κ1) is 8.72. The first-order valence-electron chi connectivity index (χ1n) is 2.84. The van der Waals surface area contributed by atoms with Crippen molar-refractivity contribution in [3.05, 3.63) is 0 Å². The van der Waals surface area contributed by atoms with Crippen molar-refractivity contribution in [1.29, 1.82) is 0 Å². The van der Waals surface area contributed by atoms with Crippen LogP contribution in [0.2, 0.25) is 0 Å². The number of nitrogens with zero attached hydrogens (tertiary/aromatic N) is 1. The first-order valence-corrected chi connectivity index (χ1v) is 2.84. The van der Waals surface area contributed by atoms with Crippen LogP contribution in [0.1, 0.15) is 13.3 Å². The van der Waals surface area contributed by atoms with Gasteiger partial charge in [0.05, 0.1) is 12.0 Å². The fourth-order valence-corrected chi connectivity index (χ4v) is 0.768. The van der Waals surface area contributed by atoms with Gasteiger partial charge in [0.15, 0.2) is 0 Å². The lowest BCUT2D eigenvalue weighted by molar-refractivity contribution is 0.554. The van der Waals surface area contributed by atoms with Crippen molar-refractivity contribution in [2.24, 2.45) is 10.7 Å². The Labute approximate surface area is 61.1 Å². The van der Waals surface area contributed by atoms with E-state index in [0.717, 1.165) is 18.8 Å². The molecule has 1 aliphatic rings. The molecule has 1 heterocycles. The average Bonchev–Trinajstić information content (AvgIpc) is 1.64. The predicted octanol–water partition coefficient (Wildman–Crippen LogP) is 0.105. The minimum Gasteiger partial charge on any atom is -0.387 e. The van der Waals surface area contributed by atoms with Crippen molar-refractivity contribution in [3.8, 4) is 0 Å². The van der Waals surface area contributed by atoms with Crippen molar-refractivity contribution in [2.45, 2.75) is 19.5 Å². The molecule has 0 aliphatic carbocycles. The van der Waals surface area contributed by atoms with Crippen LogP contribution in [0.15, 0.2) is 4.99 Å². The molecule has 1 unspecified atom stereocenters. The van der Waals surface area contributed by atoms with Gasteiger partial charge in [-0.05, 0) is 6.92 Å². The SMILES string of the molecule is CC1N=C(N)CCN1.Cl. The van der Waals surface area contributed by atoms with Gasteiger partial charge in [0.2, 0.25) is 0 Å². The summed E-state index contributed by atoms with van der Waals surface area (Å²) in [6.07, 6.45) is 1.12. The van der Waals surface area contributed by atoms with Gasteiger partial charge in [0, 0.05) is 13.0 Å². The molecule has 0 amide bonds. The van der Waals surface area contributed by atoms with Crippen LogP contribution in [0, 0.1) is 0 Å². The van der Waals surface area contributed by atoms with Gasteiger partial charge < -0.3 is 5.73 Å². The molecule has 0 fully saturated rings. The number of hydrogen-bond acceptors (Lipinski definition) is 3. The van der Waals surface area contributed by atoms with Crippen molar-refractivity contribution in [3.63, 3.8) is 0 Å². The van der Waals surface area contributed by atoms with Gasteiger partial charge in [-0.1, -0.05) is 0 Å². The van der Waals surface area contributed by atoms with Gasteiger partial charge in [-0.25, -0.2) is 0 Å². The quantitative estimate of drug-likeness (QED) is 0.514. The average molecular weight is 150 g/mol. The maximum Gasteiger partial charge on any atom is 0.0986 e. The first-order chi connectivity index (χ1) is 3.79. The van der Waals surface area contributed by atoms with E-state index in [2.05, 4.69) is 10.3 Å². The molecule has 3 N–H and O–H groups in total. The Bertz CT molecular complexity index is 113. The number of hydrogen-bond donors (Lipinski definition) is 2. The minimum atomic E-state index is 0. The fraction of sp³-hybridized carbons (Fsp3) is 0.800. The third-order valence-corrected chi connectivity index (χ3v) is 1.18. The maximum atomic E-state index is 5.44. The molecule has 0 aromatic rings. The van der Waals surface area contributed by atoms with Crippen LogP contribution >= 0.6 is 12.4 Å². The lowest BCUT2D eigenvalue weighted by Gasteiger charge is -2.15. The van der Waals surface area contributed by atoms with Gasteiger partial charge in [-0.3, -0.25) is 10.3 Å². The Morgan fingerprint density at radius 2 is 2.44 bits per heavy atom. The van der Waals surface area contributed by atoms with E-state index < -0.39 is 0 Å². The number of halogens is 1. The number of aliphatic imine (C=N–C) groups is 1. The minimum absolute atomic E-state index is 0. The molecule has 0 radical (unpaired) electrons. The zero-order valence-electron chi connectivity index (χ0n) is 5.42. The van der Waals surface area contributed by atoms with Crippen LogP contribution < -0.4 is 11.1 Å². The van der Waals surface area contributed by atoms with Crippen LogP contribution in [-0.2, 0) is 0 Å². The summed E-state index contributed by atoms with van der Waals surface area (Å²) in [5.74, 6) is 0.774. The lowest BCUT2D eigenvalue weighted by atomic mass is 10.3. The summed E-state index contributed by atoms with van der Waals surface area (Å²) in [4.78, 5) is 4.07. The maximum absolute atomic E-state index is 5.44. The van der Waals surface area contributed by atoms with E-state index >= 15 is 0 Å². The number of nitrogens with one attached hydrogen (secondary N) is 1. The Morgan fingerprint density at radius 3 is 2.78 bits per heavy atom. The summed E-state index contributed by atoms with van der Waals surface area (Å²) in [6.45, 7) is 2.96. The van der Waals surface area contributed by atoms with Crippen LogP contribution in [0.3, 0.4) is 0 Å². The highest BCUT2D eigenvalue weighted by atomic mass is 35.5. The van der Waals surface area contributed by atoms with Crippen molar-refractivity contribution >= 4 is 18.2 Å². The molecule has 4 heteroatoms. The van der Waals surface area contributed by atoms with Crippen LogP contribution in [0.5, 0.6) is 0 Å². The molecular formula is C5H12ClN3. The fourth-order valence-electron chi connectivity index (χ4n) is 0.768. The standard InChI is InChI=1S/C5H11N3.ClH/c1-4-7-3-2-5(6)8-4;/h4,7H,2-3H2,1H3,(H2,6,8);1H. The van der Waals surface area contributed by atoms with Gasteiger partial charge in [-0.15, -0.1) is 12.4 Å². The van der Waals surface area contributed by atoms with E-state index in [1.165, 1.54) is 0 Å². The molecule has 0 aromatic heterocycles. The van der Waals surface area contributed by atoms with Crippen molar-refractivity contribution in [1.82, 2.24) is 5.32 Å². The second-order valence-electron chi connectivity index (χ2n) is 2.00. The highest BCUT2D eigenvalue weighted by molar-refractivity contribution is 5.85. The molecule has 0 saturated heterocycles. The molecular weight excluding hydrogens is 138 g/mol. The summed E-state index contributed by atoms with van der Waals surface area (Å²) in [7, 11) is 0. The topological polar surface area (TPSA) is 50.4 Å². The van der Waals surface area contributed by atoms with E-state index in [-0.39, 0.29) is 18.6 Å². The number of amidine groups is 1. The zero-order valence-corrected chi connectivity index (χ0v) is 6.24. The molecule has 1 rings (SSSR count). The summed E-state index contributed by atoms with van der Waals surface area (Å²) < 4.78 is 0. The Hall–Kier alpha value is -0.280. The van der Waals surface area contributed by atoms with Gasteiger partial charge in [0.25, 0.3) is 0 Å². The van der Waals surface area contributed by atoms with Crippen LogP contribution in [-0.4, -0.2) is 18.5 Å². The Kier molecular flexibility index (Phi) is 3.58. The smallest absolute Gasteiger partial charge is 0.0986 e. The van der Waals surface area contributed by atoms with E-state index in [0.29, 0.717) is 0 Å². The van der Waals surface area contributed by atoms with E-state index in [4.69, 9.17) is 5.73 Å². The monoisotopic (exact) mass is 149 g/mol. The summed E-state index contributed by atoms with van der Waals surface area (Å²) in [6, 6.07) is 0. The van der Waals surface area contributed by atoms with E-state index in [9.17, 15) is 0 Å². The highest BCUT2D eigenvalue weighted by Crippen LogP contribution is 1.92. The summed E-state index contributed by atoms with van der Waals surface area (Å²) >= 11 is 0. The lowest BCUT2D eigenvalue weighted by Crippen LogP contribution is -2.35. The molecule has 0 spiro atoms. The third-order valence-electron chi connectivity index (χ3n) is 1.18. The normalized spacial score (nSPS) is 26.3. The molecule has 54 valence electrons. The second kappa shape index (κ2) is 3.69. The van der Waals surface area contributed by atoms with Crippen LogP contribution in [0.25, 0.3) is 0 Å². The van der Waals surface area contributed by atoms with Gasteiger partial charge >= 0.3 is 0 Å². The Morgan fingerprint density at radius 1 is 1.78 bits per heavy atom. The molecule has 3 nitrogen and oxygen atoms in total. The van der Waals surface area contributed by atoms with Crippen molar-refractivity contribution < 1.29 is 0 Å². The highest BCUT2D eigenvalue weighted by Gasteiger charge is 2.04. The molecule has 0 aromatic carbocycles. The third kappa shape index (κ3) is 2.67. The van der Waals surface area contributed by atoms with E-state index in [1.807, 2.05) is 6.92 Å². The molecule has 0 saturated carbocycles. The van der Waals surface area contributed by atoms with Crippen molar-refractivity contribution in [2.75, 3.05) is 6.54 Å². The largest absolute Gasteiger partial charge is 0.387 e. The molecule has 1 aliphatic heterocycles. The number of nitrogens with two attached hydrogens (primary N) is 1. The molecule has 1 atom stereocenters. The van der Waals surface area contributed by atoms with Crippen LogP contribution in [0.4, 0.5) is 0 Å². The zero-order chi connectivity index (χ0) is 5.98. The second-order valence-corrected chi connectivity index (χ2v) is 2.00. The molecule has 9 heavy (non-hydrogen) atoms. The number of rotatable bonds is 0. The summed E-state index contributed by atoms with van der Waals surface area (Å²) in [5.41, 5.74) is 5.44. The van der Waals surface area contributed by atoms with Gasteiger partial charge in [-0.2, -0.15) is 0 Å².